The van der Waals surface area contributed by atoms with Crippen molar-refractivity contribution in [1.29, 1.82) is 5.26 Å². The summed E-state index contributed by atoms with van der Waals surface area (Å²) in [5.74, 6) is 0.722. The number of nitrogens with one attached hydrogen (secondary N) is 2. The number of fused-ring (bicyclic) bond motifs is 2. The third-order valence-corrected chi connectivity index (χ3v) is 8.20. The van der Waals surface area contributed by atoms with Gasteiger partial charge in [0.15, 0.2) is 5.75 Å². The second-order valence-electron chi connectivity index (χ2n) is 9.52. The zero-order valence-electron chi connectivity index (χ0n) is 19.4. The van der Waals surface area contributed by atoms with Crippen LogP contribution >= 0.6 is 23.2 Å². The maximum Gasteiger partial charge on any atom is 0.230 e. The predicted molar refractivity (Wildman–Crippen MR) is 139 cm³/mol. The fraction of sp³-hybridized carbons (Fsp3) is 0.360. The van der Waals surface area contributed by atoms with Gasteiger partial charge in [0, 0.05) is 29.0 Å². The third-order valence-electron chi connectivity index (χ3n) is 7.03. The Bertz CT molecular complexity index is 1510. The third kappa shape index (κ3) is 4.55. The molecule has 0 radical (unpaired) electrons. The van der Waals surface area contributed by atoms with E-state index in [2.05, 4.69) is 16.1 Å². The number of alkyl halides is 1. The van der Waals surface area contributed by atoms with E-state index in [4.69, 9.17) is 27.9 Å². The lowest BCUT2D eigenvalue weighted by molar-refractivity contribution is -0.129. The molecule has 8 nitrogen and oxygen atoms in total. The number of benzene rings is 2. The van der Waals surface area contributed by atoms with Crippen molar-refractivity contribution >= 4 is 55.7 Å². The van der Waals surface area contributed by atoms with Crippen LogP contribution in [0, 0.1) is 22.7 Å². The molecule has 2 bridgehead atoms. The summed E-state index contributed by atoms with van der Waals surface area (Å²) < 4.78 is 33.3. The number of halogens is 2. The number of sulfonamides is 1. The molecule has 188 valence electrons. The molecule has 6 rings (SSSR count). The predicted octanol–water partition coefficient (Wildman–Crippen LogP) is 4.43. The maximum absolute atomic E-state index is 13.1. The first kappa shape index (κ1) is 24.9. The van der Waals surface area contributed by atoms with Crippen LogP contribution in [-0.2, 0) is 14.8 Å². The zero-order valence-corrected chi connectivity index (χ0v) is 21.8. The quantitative estimate of drug-likeness (QED) is 0.405. The summed E-state index contributed by atoms with van der Waals surface area (Å²) >= 11 is 12.1. The van der Waals surface area contributed by atoms with Gasteiger partial charge in [-0.3, -0.25) is 4.79 Å². The lowest BCUT2D eigenvalue weighted by atomic mass is 9.69. The van der Waals surface area contributed by atoms with E-state index in [0.717, 1.165) is 17.2 Å². The first-order valence-corrected chi connectivity index (χ1v) is 14.3. The van der Waals surface area contributed by atoms with Gasteiger partial charge in [-0.15, -0.1) is 11.6 Å². The molecular weight excluding hydrogens is 523 g/mol. The monoisotopic (exact) mass is 546 g/mol. The molecule has 2 N–H and O–H groups in total. The van der Waals surface area contributed by atoms with Gasteiger partial charge in [-0.25, -0.2) is 13.1 Å². The highest BCUT2D eigenvalue weighted by molar-refractivity contribution is 7.88. The Hall–Kier alpha value is -2.77. The van der Waals surface area contributed by atoms with Crippen LogP contribution < -0.4 is 14.8 Å². The molecule has 0 unspecified atom stereocenters. The molecule has 2 aromatic carbocycles. The van der Waals surface area contributed by atoms with E-state index in [1.165, 1.54) is 0 Å². The number of carbonyl (C=O) groups is 1. The fourth-order valence-electron chi connectivity index (χ4n) is 5.47. The molecular formula is C25H24Cl2N4O4S. The number of amides is 1. The lowest BCUT2D eigenvalue weighted by Gasteiger charge is -2.36. The van der Waals surface area contributed by atoms with Gasteiger partial charge in [0.05, 0.1) is 33.7 Å². The van der Waals surface area contributed by atoms with Crippen LogP contribution in [0.1, 0.15) is 24.8 Å². The highest BCUT2D eigenvalue weighted by Gasteiger charge is 2.60. The molecule has 1 atom stereocenters. The Morgan fingerprint density at radius 1 is 1.25 bits per heavy atom. The number of rotatable bonds is 8. The summed E-state index contributed by atoms with van der Waals surface area (Å²) in [5, 5.41) is 13.8. The number of aromatic nitrogens is 1. The van der Waals surface area contributed by atoms with E-state index in [1.54, 1.807) is 12.1 Å². The minimum absolute atomic E-state index is 0.0756. The minimum atomic E-state index is -3.31. The molecule has 3 aliphatic rings. The van der Waals surface area contributed by atoms with Gasteiger partial charge >= 0.3 is 0 Å². The molecule has 1 amide bonds. The molecule has 3 saturated carbocycles. The molecule has 1 aromatic heterocycles. The summed E-state index contributed by atoms with van der Waals surface area (Å²) in [6, 6.07) is 12.9. The molecule has 0 spiro atoms. The second-order valence-corrected chi connectivity index (χ2v) is 12.1. The highest BCUT2D eigenvalue weighted by atomic mass is 35.5. The second kappa shape index (κ2) is 9.27. The standard InChI is InChI=1S/C25H24Cl2N4O4S/c1-36(33,34)30-21-13-25(11-17(21)12-25)24(32)29-18-2-3-22-15(8-18)4-6-31(22)19-9-16(14-28)23(20(27)10-19)35-7-5-26/h2-4,6,8-10,17,21,30H,5,7,11-13H2,1H3,(H,29,32)/t17?,21-,25?/m1/s1. The summed E-state index contributed by atoms with van der Waals surface area (Å²) in [5.41, 5.74) is 2.04. The molecule has 11 heteroatoms. The summed E-state index contributed by atoms with van der Waals surface area (Å²) in [6.45, 7) is 0.243. The van der Waals surface area contributed by atoms with Crippen molar-refractivity contribution in [1.82, 2.24) is 9.29 Å². The Labute approximate surface area is 219 Å². The van der Waals surface area contributed by atoms with Crippen LogP contribution in [0.2, 0.25) is 5.02 Å². The molecule has 3 fully saturated rings. The Morgan fingerprint density at radius 2 is 2.03 bits per heavy atom. The Kier molecular flexibility index (Phi) is 6.41. The molecule has 36 heavy (non-hydrogen) atoms. The maximum atomic E-state index is 13.1. The number of carbonyl (C=O) groups excluding carboxylic acids is 1. The zero-order chi connectivity index (χ0) is 25.7. The van der Waals surface area contributed by atoms with Gasteiger partial charge in [-0.2, -0.15) is 5.26 Å². The van der Waals surface area contributed by atoms with Crippen molar-refractivity contribution < 1.29 is 17.9 Å². The van der Waals surface area contributed by atoms with E-state index in [0.29, 0.717) is 47.0 Å². The highest BCUT2D eigenvalue weighted by Crippen LogP contribution is 2.59. The molecule has 3 aromatic rings. The van der Waals surface area contributed by atoms with Gasteiger partial charge in [0.2, 0.25) is 15.9 Å². The topological polar surface area (TPSA) is 113 Å². The van der Waals surface area contributed by atoms with Crippen molar-refractivity contribution in [2.75, 3.05) is 24.1 Å². The number of hydrogen-bond donors (Lipinski definition) is 2. The minimum Gasteiger partial charge on any atom is -0.489 e. The van der Waals surface area contributed by atoms with Crippen molar-refractivity contribution in [3.05, 3.63) is 53.2 Å². The Morgan fingerprint density at radius 3 is 2.72 bits per heavy atom. The number of ether oxygens (including phenoxy) is 1. The average molecular weight is 547 g/mol. The SMILES string of the molecule is CS(=O)(=O)N[C@@H]1CC2(C(=O)Nc3ccc4c(ccn4-c4cc(Cl)c(OCCCl)c(C#N)c4)c3)CC1C2. The van der Waals surface area contributed by atoms with Crippen LogP contribution in [0.4, 0.5) is 5.69 Å². The fourth-order valence-corrected chi connectivity index (χ4v) is 6.64. The Balaban J connectivity index is 1.35. The first-order chi connectivity index (χ1) is 17.1. The van der Waals surface area contributed by atoms with Crippen molar-refractivity contribution in [3.8, 4) is 17.5 Å². The van der Waals surface area contributed by atoms with Crippen LogP contribution in [0.15, 0.2) is 42.6 Å². The first-order valence-electron chi connectivity index (χ1n) is 11.5. The van der Waals surface area contributed by atoms with Gasteiger partial charge in [0.1, 0.15) is 12.7 Å². The largest absolute Gasteiger partial charge is 0.489 e. The molecule has 0 aliphatic heterocycles. The van der Waals surface area contributed by atoms with Gasteiger partial charge in [-0.1, -0.05) is 11.6 Å². The number of hydrogen-bond acceptors (Lipinski definition) is 5. The van der Waals surface area contributed by atoms with Crippen molar-refractivity contribution in [2.24, 2.45) is 11.3 Å². The normalized spacial score (nSPS) is 22.7. The molecule has 0 saturated heterocycles. The lowest BCUT2D eigenvalue weighted by Crippen LogP contribution is -2.41. The average Bonchev–Trinajstić information content (AvgIpc) is 3.47. The molecule has 3 aliphatic carbocycles. The summed E-state index contributed by atoms with van der Waals surface area (Å²) in [4.78, 5) is 13.1. The van der Waals surface area contributed by atoms with E-state index >= 15 is 0 Å². The van der Waals surface area contributed by atoms with Crippen LogP contribution in [0.3, 0.4) is 0 Å². The van der Waals surface area contributed by atoms with E-state index in [1.807, 2.05) is 35.0 Å². The number of anilines is 1. The summed E-state index contributed by atoms with van der Waals surface area (Å²) in [7, 11) is -3.31. The van der Waals surface area contributed by atoms with E-state index in [9.17, 15) is 18.5 Å². The smallest absolute Gasteiger partial charge is 0.230 e. The number of nitrogens with zero attached hydrogens (tertiary/aromatic N) is 2. The van der Waals surface area contributed by atoms with E-state index < -0.39 is 15.4 Å². The van der Waals surface area contributed by atoms with E-state index in [-0.39, 0.29) is 30.4 Å². The summed E-state index contributed by atoms with van der Waals surface area (Å²) in [6.07, 6.45) is 4.92. The van der Waals surface area contributed by atoms with Gasteiger partial charge < -0.3 is 14.6 Å². The van der Waals surface area contributed by atoms with Crippen molar-refractivity contribution in [2.45, 2.75) is 25.3 Å². The van der Waals surface area contributed by atoms with Gasteiger partial charge in [-0.05, 0) is 61.6 Å². The number of nitriles is 1. The van der Waals surface area contributed by atoms with Crippen molar-refractivity contribution in [3.63, 3.8) is 0 Å². The van der Waals surface area contributed by atoms with Crippen LogP contribution in [0.5, 0.6) is 5.75 Å². The van der Waals surface area contributed by atoms with Gasteiger partial charge in [0.25, 0.3) is 0 Å². The van der Waals surface area contributed by atoms with Crippen LogP contribution in [-0.4, -0.2) is 43.7 Å². The molecule has 1 heterocycles. The van der Waals surface area contributed by atoms with Crippen LogP contribution in [0.25, 0.3) is 16.6 Å².